The predicted molar refractivity (Wildman–Crippen MR) is 52.0 cm³/mol. The Kier molecular flexibility index (Phi) is 7.92. The van der Waals surface area contributed by atoms with Crippen molar-refractivity contribution in [3.8, 4) is 0 Å². The first-order valence-corrected chi connectivity index (χ1v) is 4.85. The second-order valence-electron chi connectivity index (χ2n) is 3.26. The maximum atomic E-state index is 8.14. The molecule has 0 aliphatic heterocycles. The van der Waals surface area contributed by atoms with Crippen LogP contribution in [0.5, 0.6) is 0 Å². The van der Waals surface area contributed by atoms with Gasteiger partial charge in [-0.25, -0.2) is 0 Å². The van der Waals surface area contributed by atoms with Crippen molar-refractivity contribution in [1.29, 1.82) is 0 Å². The highest BCUT2D eigenvalue weighted by molar-refractivity contribution is 4.60. The van der Waals surface area contributed by atoms with E-state index in [1.165, 1.54) is 32.1 Å². The number of hydrogen-bond donors (Lipinski definition) is 0. The molecule has 12 heavy (non-hydrogen) atoms. The number of azide groups is 1. The smallest absolute Gasteiger partial charge is 0.0345 e. The number of unbranched alkanes of at least 4 members (excludes halogenated alkanes) is 4. The molecule has 0 aliphatic rings. The standard InChI is InChI=1S/C9H19N3/c1-3-4-5-6-7-8-9(2)11-12-10/h9H,3-8H2,1-2H3/t9-/m0/s1. The lowest BCUT2D eigenvalue weighted by Gasteiger charge is -2.02. The van der Waals surface area contributed by atoms with Crippen molar-refractivity contribution in [3.63, 3.8) is 0 Å². The van der Waals surface area contributed by atoms with Crippen LogP contribution in [-0.2, 0) is 0 Å². The summed E-state index contributed by atoms with van der Waals surface area (Å²) in [5, 5.41) is 3.62. The lowest BCUT2D eigenvalue weighted by atomic mass is 10.1. The van der Waals surface area contributed by atoms with E-state index in [2.05, 4.69) is 16.9 Å². The van der Waals surface area contributed by atoms with Gasteiger partial charge in [0.25, 0.3) is 0 Å². The van der Waals surface area contributed by atoms with Gasteiger partial charge in [0.2, 0.25) is 0 Å². The largest absolute Gasteiger partial charge is 0.0909 e. The van der Waals surface area contributed by atoms with Gasteiger partial charge in [-0.05, 0) is 12.0 Å². The highest BCUT2D eigenvalue weighted by Crippen LogP contribution is 2.08. The van der Waals surface area contributed by atoms with Crippen LogP contribution in [0.15, 0.2) is 5.11 Å². The fraction of sp³-hybridized carbons (Fsp3) is 1.00. The van der Waals surface area contributed by atoms with Gasteiger partial charge < -0.3 is 0 Å². The molecule has 0 saturated carbocycles. The molecule has 3 heteroatoms. The van der Waals surface area contributed by atoms with Crippen LogP contribution in [0, 0.1) is 0 Å². The van der Waals surface area contributed by atoms with E-state index < -0.39 is 0 Å². The van der Waals surface area contributed by atoms with E-state index in [1.807, 2.05) is 6.92 Å². The Balaban J connectivity index is 3.13. The van der Waals surface area contributed by atoms with E-state index in [0.717, 1.165) is 6.42 Å². The van der Waals surface area contributed by atoms with E-state index >= 15 is 0 Å². The number of hydrogen-bond acceptors (Lipinski definition) is 1. The molecule has 70 valence electrons. The summed E-state index contributed by atoms with van der Waals surface area (Å²) in [5.74, 6) is 0. The molecule has 0 heterocycles. The summed E-state index contributed by atoms with van der Waals surface area (Å²) in [5.41, 5.74) is 8.14. The van der Waals surface area contributed by atoms with Crippen LogP contribution < -0.4 is 0 Å². The minimum absolute atomic E-state index is 0.177. The molecular formula is C9H19N3. The highest BCUT2D eigenvalue weighted by Gasteiger charge is 1.96. The van der Waals surface area contributed by atoms with Crippen LogP contribution in [0.4, 0.5) is 0 Å². The maximum absolute atomic E-state index is 8.14. The molecule has 0 N–H and O–H groups in total. The van der Waals surface area contributed by atoms with Crippen molar-refractivity contribution in [3.05, 3.63) is 10.4 Å². The Bertz CT molecular complexity index is 139. The minimum Gasteiger partial charge on any atom is -0.0909 e. The third-order valence-electron chi connectivity index (χ3n) is 1.97. The minimum atomic E-state index is 0.177. The lowest BCUT2D eigenvalue weighted by Crippen LogP contribution is -1.95. The van der Waals surface area contributed by atoms with Gasteiger partial charge in [0, 0.05) is 11.0 Å². The first-order chi connectivity index (χ1) is 5.81. The average molecular weight is 169 g/mol. The molecule has 0 aromatic rings. The van der Waals surface area contributed by atoms with Crippen molar-refractivity contribution >= 4 is 0 Å². The van der Waals surface area contributed by atoms with Crippen LogP contribution in [-0.4, -0.2) is 6.04 Å². The Morgan fingerprint density at radius 1 is 1.25 bits per heavy atom. The highest BCUT2D eigenvalue weighted by atomic mass is 15.1. The summed E-state index contributed by atoms with van der Waals surface area (Å²) in [6, 6.07) is 0.177. The van der Waals surface area contributed by atoms with Crippen molar-refractivity contribution < 1.29 is 0 Å². The zero-order valence-corrected chi connectivity index (χ0v) is 8.16. The fourth-order valence-corrected chi connectivity index (χ4v) is 1.19. The Hall–Kier alpha value is -0.690. The van der Waals surface area contributed by atoms with Gasteiger partial charge in [0.1, 0.15) is 0 Å². The molecule has 0 aromatic carbocycles. The lowest BCUT2D eigenvalue weighted by molar-refractivity contribution is 0.562. The van der Waals surface area contributed by atoms with E-state index in [-0.39, 0.29) is 6.04 Å². The summed E-state index contributed by atoms with van der Waals surface area (Å²) in [4.78, 5) is 2.78. The molecule has 0 amide bonds. The second kappa shape index (κ2) is 8.41. The zero-order chi connectivity index (χ0) is 9.23. The van der Waals surface area contributed by atoms with Crippen LogP contribution in [0.1, 0.15) is 52.4 Å². The predicted octanol–water partition coefficient (Wildman–Crippen LogP) is 4.05. The van der Waals surface area contributed by atoms with Crippen molar-refractivity contribution in [2.75, 3.05) is 0 Å². The summed E-state index contributed by atoms with van der Waals surface area (Å²) in [6.45, 7) is 4.18. The molecule has 0 fully saturated rings. The van der Waals surface area contributed by atoms with Crippen molar-refractivity contribution in [2.24, 2.45) is 5.11 Å². The van der Waals surface area contributed by atoms with E-state index in [9.17, 15) is 0 Å². The normalized spacial score (nSPS) is 12.2. The third kappa shape index (κ3) is 7.42. The van der Waals surface area contributed by atoms with Gasteiger partial charge in [0.15, 0.2) is 0 Å². The summed E-state index contributed by atoms with van der Waals surface area (Å²) >= 11 is 0. The molecule has 0 bridgehead atoms. The fourth-order valence-electron chi connectivity index (χ4n) is 1.19. The molecule has 0 aromatic heterocycles. The van der Waals surface area contributed by atoms with Gasteiger partial charge in [-0.3, -0.25) is 0 Å². The SMILES string of the molecule is CCCCCCC[C@H](C)N=[N+]=[N-]. The Morgan fingerprint density at radius 3 is 2.50 bits per heavy atom. The quantitative estimate of drug-likeness (QED) is 0.239. The molecule has 0 saturated heterocycles. The summed E-state index contributed by atoms with van der Waals surface area (Å²) in [6.07, 6.45) is 7.44. The molecule has 0 aliphatic carbocycles. The van der Waals surface area contributed by atoms with Gasteiger partial charge in [-0.15, -0.1) is 0 Å². The topological polar surface area (TPSA) is 48.8 Å². The van der Waals surface area contributed by atoms with Crippen LogP contribution in [0.25, 0.3) is 10.4 Å². The number of nitrogens with zero attached hydrogens (tertiary/aromatic N) is 3. The summed E-state index contributed by atoms with van der Waals surface area (Å²) < 4.78 is 0. The molecule has 0 spiro atoms. The van der Waals surface area contributed by atoms with Gasteiger partial charge in [0.05, 0.1) is 0 Å². The van der Waals surface area contributed by atoms with Crippen molar-refractivity contribution in [1.82, 2.24) is 0 Å². The first-order valence-electron chi connectivity index (χ1n) is 4.85. The second-order valence-corrected chi connectivity index (χ2v) is 3.26. The van der Waals surface area contributed by atoms with Gasteiger partial charge in [-0.2, -0.15) is 0 Å². The average Bonchev–Trinajstić information content (AvgIpc) is 2.05. The Labute approximate surface area is 74.8 Å². The Morgan fingerprint density at radius 2 is 1.92 bits per heavy atom. The van der Waals surface area contributed by atoms with Gasteiger partial charge >= 0.3 is 0 Å². The number of rotatable bonds is 7. The van der Waals surface area contributed by atoms with Crippen LogP contribution >= 0.6 is 0 Å². The monoisotopic (exact) mass is 169 g/mol. The molecule has 0 radical (unpaired) electrons. The third-order valence-corrected chi connectivity index (χ3v) is 1.97. The molecular weight excluding hydrogens is 150 g/mol. The van der Waals surface area contributed by atoms with Crippen LogP contribution in [0.3, 0.4) is 0 Å². The summed E-state index contributed by atoms with van der Waals surface area (Å²) in [7, 11) is 0. The van der Waals surface area contributed by atoms with E-state index in [1.54, 1.807) is 0 Å². The maximum Gasteiger partial charge on any atom is 0.0345 e. The zero-order valence-electron chi connectivity index (χ0n) is 8.16. The molecule has 1 atom stereocenters. The van der Waals surface area contributed by atoms with E-state index in [4.69, 9.17) is 5.53 Å². The molecule has 3 nitrogen and oxygen atoms in total. The molecule has 0 rings (SSSR count). The van der Waals surface area contributed by atoms with Gasteiger partial charge in [-0.1, -0.05) is 51.1 Å². The van der Waals surface area contributed by atoms with Crippen LogP contribution in [0.2, 0.25) is 0 Å². The van der Waals surface area contributed by atoms with E-state index in [0.29, 0.717) is 0 Å². The first kappa shape index (κ1) is 11.3. The molecule has 0 unspecified atom stereocenters. The van der Waals surface area contributed by atoms with Crippen molar-refractivity contribution in [2.45, 2.75) is 58.4 Å².